The van der Waals surface area contributed by atoms with E-state index in [0.29, 0.717) is 12.1 Å². The summed E-state index contributed by atoms with van der Waals surface area (Å²) in [5, 5.41) is 0. The number of anilines is 1. The van der Waals surface area contributed by atoms with Crippen LogP contribution < -0.4 is 5.73 Å². The first-order chi connectivity index (χ1) is 7.66. The molecule has 1 aromatic carbocycles. The van der Waals surface area contributed by atoms with Crippen LogP contribution in [0.5, 0.6) is 0 Å². The summed E-state index contributed by atoms with van der Waals surface area (Å²) in [4.78, 5) is 2.60. The molecule has 0 bridgehead atoms. The van der Waals surface area contributed by atoms with Crippen LogP contribution in [0.4, 0.5) is 5.69 Å². The minimum atomic E-state index is 0.699. The van der Waals surface area contributed by atoms with Gasteiger partial charge in [0.2, 0.25) is 0 Å². The number of hydrogen-bond acceptors (Lipinski definition) is 2. The van der Waals surface area contributed by atoms with Gasteiger partial charge in [0.05, 0.1) is 0 Å². The monoisotopic (exact) mass is 218 g/mol. The molecule has 0 saturated carbocycles. The largest absolute Gasteiger partial charge is 0.399 e. The molecular weight excluding hydrogens is 196 g/mol. The van der Waals surface area contributed by atoms with Crippen LogP contribution in [0, 0.1) is 0 Å². The van der Waals surface area contributed by atoms with Crippen molar-refractivity contribution in [3.8, 4) is 0 Å². The number of nitrogens with zero attached hydrogens (tertiary/aromatic N) is 1. The molecule has 1 heterocycles. The zero-order valence-corrected chi connectivity index (χ0v) is 10.3. The fourth-order valence-corrected chi connectivity index (χ4v) is 2.69. The highest BCUT2D eigenvalue weighted by molar-refractivity contribution is 5.40. The molecule has 2 nitrogen and oxygen atoms in total. The van der Waals surface area contributed by atoms with E-state index in [0.717, 1.165) is 12.2 Å². The lowest BCUT2D eigenvalue weighted by Crippen LogP contribution is -2.42. The van der Waals surface area contributed by atoms with Crippen molar-refractivity contribution >= 4 is 5.69 Å². The van der Waals surface area contributed by atoms with Gasteiger partial charge in [-0.3, -0.25) is 4.90 Å². The maximum Gasteiger partial charge on any atom is 0.0317 e. The first kappa shape index (κ1) is 11.5. The predicted octanol–water partition coefficient (Wildman–Crippen LogP) is 3.03. The highest BCUT2D eigenvalue weighted by Gasteiger charge is 2.24. The summed E-state index contributed by atoms with van der Waals surface area (Å²) in [5.41, 5.74) is 8.02. The van der Waals surface area contributed by atoms with Gasteiger partial charge in [-0.25, -0.2) is 0 Å². The van der Waals surface area contributed by atoms with Crippen LogP contribution >= 0.6 is 0 Å². The Hall–Kier alpha value is -1.02. The summed E-state index contributed by atoms with van der Waals surface area (Å²) >= 11 is 0. The molecule has 16 heavy (non-hydrogen) atoms. The van der Waals surface area contributed by atoms with E-state index in [1.54, 1.807) is 0 Å². The van der Waals surface area contributed by atoms with Crippen molar-refractivity contribution in [3.05, 3.63) is 29.8 Å². The molecule has 0 aromatic heterocycles. The zero-order chi connectivity index (χ0) is 11.5. The standard InChI is InChI=1S/C14H22N2/c1-11-5-3-6-12(2)16(11)10-13-7-4-8-14(15)9-13/h4,7-9,11-12H,3,5-6,10,15H2,1-2H3/t11-,12+. The van der Waals surface area contributed by atoms with E-state index >= 15 is 0 Å². The maximum absolute atomic E-state index is 5.81. The van der Waals surface area contributed by atoms with E-state index in [1.165, 1.54) is 24.8 Å². The van der Waals surface area contributed by atoms with E-state index < -0.39 is 0 Å². The Bertz CT molecular complexity index is 338. The van der Waals surface area contributed by atoms with Crippen molar-refractivity contribution in [2.24, 2.45) is 0 Å². The molecule has 2 heteroatoms. The summed E-state index contributed by atoms with van der Waals surface area (Å²) in [6.07, 6.45) is 4.02. The highest BCUT2D eigenvalue weighted by atomic mass is 15.2. The fourth-order valence-electron chi connectivity index (χ4n) is 2.69. The van der Waals surface area contributed by atoms with Crippen LogP contribution in [-0.2, 0) is 6.54 Å². The smallest absolute Gasteiger partial charge is 0.0317 e. The molecule has 0 amide bonds. The van der Waals surface area contributed by atoms with E-state index in [2.05, 4.69) is 30.9 Å². The third kappa shape index (κ3) is 2.56. The van der Waals surface area contributed by atoms with E-state index in [1.807, 2.05) is 12.1 Å². The molecule has 0 unspecified atom stereocenters. The number of likely N-dealkylation sites (tertiary alicyclic amines) is 1. The van der Waals surface area contributed by atoms with Crippen LogP contribution in [0.1, 0.15) is 38.7 Å². The molecule has 1 aromatic rings. The highest BCUT2D eigenvalue weighted by Crippen LogP contribution is 2.24. The normalized spacial score (nSPS) is 26.9. The Kier molecular flexibility index (Phi) is 3.49. The second kappa shape index (κ2) is 4.88. The Morgan fingerprint density at radius 2 is 1.94 bits per heavy atom. The van der Waals surface area contributed by atoms with Gasteiger partial charge in [0.25, 0.3) is 0 Å². The lowest BCUT2D eigenvalue weighted by Gasteiger charge is -2.39. The maximum atomic E-state index is 5.81. The third-order valence-corrected chi connectivity index (χ3v) is 3.69. The molecule has 1 saturated heterocycles. The lowest BCUT2D eigenvalue weighted by atomic mass is 9.97. The van der Waals surface area contributed by atoms with Gasteiger partial charge in [-0.1, -0.05) is 18.6 Å². The minimum absolute atomic E-state index is 0.699. The van der Waals surface area contributed by atoms with Crippen molar-refractivity contribution in [3.63, 3.8) is 0 Å². The number of nitrogen functional groups attached to an aromatic ring is 1. The lowest BCUT2D eigenvalue weighted by molar-refractivity contribution is 0.0953. The average Bonchev–Trinajstić information content (AvgIpc) is 2.24. The Labute approximate surface area is 98.4 Å². The molecule has 1 fully saturated rings. The van der Waals surface area contributed by atoms with Crippen LogP contribution in [0.25, 0.3) is 0 Å². The molecule has 0 spiro atoms. The van der Waals surface area contributed by atoms with E-state index in [4.69, 9.17) is 5.73 Å². The zero-order valence-electron chi connectivity index (χ0n) is 10.3. The van der Waals surface area contributed by atoms with Crippen LogP contribution in [0.3, 0.4) is 0 Å². The minimum Gasteiger partial charge on any atom is -0.399 e. The second-order valence-corrected chi connectivity index (χ2v) is 5.05. The van der Waals surface area contributed by atoms with Crippen LogP contribution in [0.2, 0.25) is 0 Å². The SMILES string of the molecule is C[C@@H]1CCC[C@H](C)N1Cc1cccc(N)c1. The topological polar surface area (TPSA) is 29.3 Å². The summed E-state index contributed by atoms with van der Waals surface area (Å²) in [6, 6.07) is 9.66. The Morgan fingerprint density at radius 3 is 2.56 bits per heavy atom. The van der Waals surface area contributed by atoms with Gasteiger partial charge >= 0.3 is 0 Å². The number of rotatable bonds is 2. The van der Waals surface area contributed by atoms with Gasteiger partial charge in [0.15, 0.2) is 0 Å². The molecule has 2 rings (SSSR count). The van der Waals surface area contributed by atoms with Crippen molar-refractivity contribution < 1.29 is 0 Å². The van der Waals surface area contributed by atoms with E-state index in [-0.39, 0.29) is 0 Å². The summed E-state index contributed by atoms with van der Waals surface area (Å²) in [5.74, 6) is 0. The molecule has 1 aliphatic rings. The number of piperidine rings is 1. The molecular formula is C14H22N2. The molecule has 88 valence electrons. The molecule has 2 N–H and O–H groups in total. The van der Waals surface area contributed by atoms with Crippen molar-refractivity contribution in [2.75, 3.05) is 5.73 Å². The summed E-state index contributed by atoms with van der Waals surface area (Å²) in [7, 11) is 0. The first-order valence-electron chi connectivity index (χ1n) is 6.27. The average molecular weight is 218 g/mol. The summed E-state index contributed by atoms with van der Waals surface area (Å²) in [6.45, 7) is 5.71. The van der Waals surface area contributed by atoms with Crippen molar-refractivity contribution in [1.29, 1.82) is 0 Å². The molecule has 0 aliphatic carbocycles. The van der Waals surface area contributed by atoms with Gasteiger partial charge in [0, 0.05) is 24.3 Å². The Morgan fingerprint density at radius 1 is 1.25 bits per heavy atom. The predicted molar refractivity (Wildman–Crippen MR) is 69.2 cm³/mol. The number of nitrogens with two attached hydrogens (primary N) is 1. The van der Waals surface area contributed by atoms with Crippen molar-refractivity contribution in [2.45, 2.75) is 51.7 Å². The number of hydrogen-bond donors (Lipinski definition) is 1. The van der Waals surface area contributed by atoms with Gasteiger partial charge < -0.3 is 5.73 Å². The first-order valence-corrected chi connectivity index (χ1v) is 6.27. The number of benzene rings is 1. The van der Waals surface area contributed by atoms with Gasteiger partial charge in [0.1, 0.15) is 0 Å². The van der Waals surface area contributed by atoms with Gasteiger partial charge in [-0.15, -0.1) is 0 Å². The molecule has 0 radical (unpaired) electrons. The second-order valence-electron chi connectivity index (χ2n) is 5.05. The summed E-state index contributed by atoms with van der Waals surface area (Å²) < 4.78 is 0. The quantitative estimate of drug-likeness (QED) is 0.773. The molecule has 1 aliphatic heterocycles. The fraction of sp³-hybridized carbons (Fsp3) is 0.571. The van der Waals surface area contributed by atoms with Crippen LogP contribution in [0.15, 0.2) is 24.3 Å². The van der Waals surface area contributed by atoms with Gasteiger partial charge in [-0.2, -0.15) is 0 Å². The van der Waals surface area contributed by atoms with Crippen LogP contribution in [-0.4, -0.2) is 17.0 Å². The van der Waals surface area contributed by atoms with Gasteiger partial charge in [-0.05, 0) is 44.4 Å². The van der Waals surface area contributed by atoms with E-state index in [9.17, 15) is 0 Å². The molecule has 2 atom stereocenters. The van der Waals surface area contributed by atoms with Crippen molar-refractivity contribution in [1.82, 2.24) is 4.90 Å². The Balaban J connectivity index is 2.07. The third-order valence-electron chi connectivity index (χ3n) is 3.69.